The molecule has 11 nitrogen and oxygen atoms in total. The van der Waals surface area contributed by atoms with Gasteiger partial charge in [0, 0.05) is 31.4 Å². The van der Waals surface area contributed by atoms with Crippen LogP contribution in [-0.2, 0) is 33.4 Å². The standard InChI is InChI=1S/C37H52BrN3O8/c1-6-10-15-20-40(19-8-3)35(45)33-37-21-26(38)32(49-37)29(30(37)34(44)41(33)25(9-4)22-42)36(46)48-31(24-16-13-12-14-17-24)27(23-47-5)39-28(43)18-11-7-2/h7-8,12-14,16-17,25-27,29-33,42H,2-3,6,9-11,15,18-23H2,1,4-5H3,(H,39,43)/t25-,26?,27-,29-,30+,31-,32-,33-,37+/m0/s1. The van der Waals surface area contributed by atoms with E-state index in [1.165, 1.54) is 12.0 Å². The van der Waals surface area contributed by atoms with Crippen LogP contribution in [0.2, 0.25) is 0 Å². The summed E-state index contributed by atoms with van der Waals surface area (Å²) >= 11 is 3.73. The average Bonchev–Trinajstić information content (AvgIpc) is 3.69. The summed E-state index contributed by atoms with van der Waals surface area (Å²) in [6.45, 7) is 12.0. The van der Waals surface area contributed by atoms with Crippen LogP contribution < -0.4 is 5.32 Å². The van der Waals surface area contributed by atoms with Crippen molar-refractivity contribution >= 4 is 39.6 Å². The van der Waals surface area contributed by atoms with Crippen LogP contribution in [0.25, 0.3) is 0 Å². The van der Waals surface area contributed by atoms with Crippen molar-refractivity contribution in [1.82, 2.24) is 15.1 Å². The fourth-order valence-corrected chi connectivity index (χ4v) is 8.66. The Hall–Kier alpha value is -3.06. The Kier molecular flexibility index (Phi) is 14.0. The van der Waals surface area contributed by atoms with E-state index in [-0.39, 0.29) is 36.3 Å². The number of fused-ring (bicyclic) bond motifs is 1. The molecule has 0 aromatic heterocycles. The lowest BCUT2D eigenvalue weighted by atomic mass is 9.70. The lowest BCUT2D eigenvalue weighted by molar-refractivity contribution is -0.163. The third kappa shape index (κ3) is 7.97. The molecule has 1 spiro atoms. The van der Waals surface area contributed by atoms with Gasteiger partial charge in [0.2, 0.25) is 17.7 Å². The number of methoxy groups -OCH3 is 1. The van der Waals surface area contributed by atoms with Gasteiger partial charge in [0.05, 0.1) is 43.2 Å². The lowest BCUT2D eigenvalue weighted by Crippen LogP contribution is -2.59. The van der Waals surface area contributed by atoms with Crippen LogP contribution in [0.1, 0.15) is 70.5 Å². The molecule has 3 saturated heterocycles. The largest absolute Gasteiger partial charge is 0.455 e. The number of nitrogens with one attached hydrogen (secondary N) is 1. The number of hydrogen-bond donors (Lipinski definition) is 2. The van der Waals surface area contributed by atoms with Crippen LogP contribution in [0, 0.1) is 11.8 Å². The van der Waals surface area contributed by atoms with Crippen molar-refractivity contribution in [2.45, 2.75) is 99.6 Å². The second-order valence-electron chi connectivity index (χ2n) is 13.2. The maximum atomic E-state index is 14.6. The van der Waals surface area contributed by atoms with E-state index in [0.29, 0.717) is 37.9 Å². The van der Waals surface area contributed by atoms with Crippen molar-refractivity contribution in [2.24, 2.45) is 11.8 Å². The van der Waals surface area contributed by atoms with Crippen LogP contribution in [0.15, 0.2) is 55.6 Å². The van der Waals surface area contributed by atoms with E-state index in [4.69, 9.17) is 14.2 Å². The smallest absolute Gasteiger partial charge is 0.313 e. The van der Waals surface area contributed by atoms with Gasteiger partial charge in [0.25, 0.3) is 0 Å². The number of nitrogens with zero attached hydrogens (tertiary/aromatic N) is 2. The number of alkyl halides is 1. The maximum Gasteiger partial charge on any atom is 0.313 e. The van der Waals surface area contributed by atoms with Gasteiger partial charge in [-0.25, -0.2) is 0 Å². The van der Waals surface area contributed by atoms with Gasteiger partial charge in [-0.3, -0.25) is 19.2 Å². The molecule has 0 radical (unpaired) electrons. The van der Waals surface area contributed by atoms with Gasteiger partial charge in [-0.05, 0) is 31.2 Å². The summed E-state index contributed by atoms with van der Waals surface area (Å²) in [6, 6.07) is 6.65. The summed E-state index contributed by atoms with van der Waals surface area (Å²) in [4.78, 5) is 59.3. The van der Waals surface area contributed by atoms with Crippen molar-refractivity contribution in [2.75, 3.05) is 33.4 Å². The number of esters is 1. The topological polar surface area (TPSA) is 135 Å². The van der Waals surface area contributed by atoms with E-state index in [1.807, 2.05) is 25.1 Å². The summed E-state index contributed by atoms with van der Waals surface area (Å²) in [5.74, 6) is -3.65. The van der Waals surface area contributed by atoms with E-state index in [2.05, 4.69) is 41.3 Å². The Balaban J connectivity index is 1.73. The number of ether oxygens (including phenoxy) is 3. The molecule has 270 valence electrons. The summed E-state index contributed by atoms with van der Waals surface area (Å²) in [7, 11) is 1.50. The van der Waals surface area contributed by atoms with Gasteiger partial charge < -0.3 is 34.4 Å². The van der Waals surface area contributed by atoms with Gasteiger partial charge >= 0.3 is 5.97 Å². The Morgan fingerprint density at radius 1 is 1.20 bits per heavy atom. The number of hydrogen-bond acceptors (Lipinski definition) is 8. The maximum absolute atomic E-state index is 14.6. The minimum Gasteiger partial charge on any atom is -0.455 e. The number of carbonyl (C=O) groups is 4. The highest BCUT2D eigenvalue weighted by molar-refractivity contribution is 9.09. The molecule has 2 bridgehead atoms. The van der Waals surface area contributed by atoms with Crippen LogP contribution in [-0.4, -0.2) is 107 Å². The van der Waals surface area contributed by atoms with E-state index in [9.17, 15) is 24.3 Å². The predicted molar refractivity (Wildman–Crippen MR) is 189 cm³/mol. The minimum atomic E-state index is -1.31. The number of rotatable bonds is 20. The number of aliphatic hydroxyl groups is 1. The van der Waals surface area contributed by atoms with Crippen LogP contribution in [0.4, 0.5) is 0 Å². The predicted octanol–water partition coefficient (Wildman–Crippen LogP) is 4.09. The van der Waals surface area contributed by atoms with Crippen LogP contribution in [0.5, 0.6) is 0 Å². The molecule has 0 aliphatic carbocycles. The number of carbonyl (C=O) groups excluding carboxylic acids is 4. The molecule has 3 fully saturated rings. The van der Waals surface area contributed by atoms with E-state index in [0.717, 1.165) is 19.3 Å². The van der Waals surface area contributed by atoms with Crippen molar-refractivity contribution in [3.05, 3.63) is 61.2 Å². The highest BCUT2D eigenvalue weighted by atomic mass is 79.9. The van der Waals surface area contributed by atoms with Crippen molar-refractivity contribution in [3.63, 3.8) is 0 Å². The number of halogens is 1. The van der Waals surface area contributed by atoms with Crippen LogP contribution in [0.3, 0.4) is 0 Å². The van der Waals surface area contributed by atoms with Crippen molar-refractivity contribution in [1.29, 1.82) is 0 Å². The first kappa shape index (κ1) is 38.7. The highest BCUT2D eigenvalue weighted by Crippen LogP contribution is 2.61. The third-order valence-electron chi connectivity index (χ3n) is 10.0. The Bertz CT molecular complexity index is 1330. The normalized spacial score (nSPS) is 27.2. The molecule has 1 unspecified atom stereocenters. The molecular weight excluding hydrogens is 694 g/mol. The lowest BCUT2D eigenvalue weighted by Gasteiger charge is -2.39. The molecule has 3 aliphatic heterocycles. The molecule has 0 saturated carbocycles. The summed E-state index contributed by atoms with van der Waals surface area (Å²) in [5, 5.41) is 13.4. The average molecular weight is 747 g/mol. The number of allylic oxidation sites excluding steroid dienone is 1. The number of benzene rings is 1. The molecule has 9 atom stereocenters. The second-order valence-corrected chi connectivity index (χ2v) is 14.3. The van der Waals surface area contributed by atoms with Crippen molar-refractivity contribution in [3.8, 4) is 0 Å². The summed E-state index contributed by atoms with van der Waals surface area (Å²) in [5.41, 5.74) is -0.668. The molecule has 2 N–H and O–H groups in total. The molecule has 3 heterocycles. The fraction of sp³-hybridized carbons (Fsp3) is 0.622. The first-order chi connectivity index (χ1) is 23.6. The van der Waals surface area contributed by atoms with Crippen LogP contribution >= 0.6 is 15.9 Å². The third-order valence-corrected chi connectivity index (χ3v) is 10.9. The number of amides is 3. The molecule has 1 aromatic carbocycles. The zero-order valence-electron chi connectivity index (χ0n) is 28.9. The summed E-state index contributed by atoms with van der Waals surface area (Å²) in [6.07, 6.45) is 5.77. The van der Waals surface area contributed by atoms with Gasteiger partial charge in [0.15, 0.2) is 0 Å². The minimum absolute atomic E-state index is 0.0564. The van der Waals surface area contributed by atoms with Gasteiger partial charge in [0.1, 0.15) is 17.7 Å². The van der Waals surface area contributed by atoms with Gasteiger partial charge in [-0.1, -0.05) is 85.1 Å². The molecular formula is C37H52BrN3O8. The zero-order chi connectivity index (χ0) is 35.7. The van der Waals surface area contributed by atoms with Gasteiger partial charge in [-0.2, -0.15) is 0 Å². The first-order valence-electron chi connectivity index (χ1n) is 17.4. The number of unbranched alkanes of at least 4 members (excludes halogenated alkanes) is 2. The monoisotopic (exact) mass is 745 g/mol. The van der Waals surface area contributed by atoms with Gasteiger partial charge in [-0.15, -0.1) is 13.2 Å². The van der Waals surface area contributed by atoms with E-state index < -0.39 is 59.6 Å². The molecule has 3 amide bonds. The second kappa shape index (κ2) is 17.7. The Morgan fingerprint density at radius 3 is 2.55 bits per heavy atom. The number of likely N-dealkylation sites (tertiary alicyclic amines) is 1. The summed E-state index contributed by atoms with van der Waals surface area (Å²) < 4.78 is 18.5. The molecule has 4 rings (SSSR count). The molecule has 49 heavy (non-hydrogen) atoms. The quantitative estimate of drug-likeness (QED) is 0.0883. The Labute approximate surface area is 298 Å². The van der Waals surface area contributed by atoms with Crippen molar-refractivity contribution < 1.29 is 38.5 Å². The molecule has 1 aromatic rings. The SMILES string of the molecule is C=CCCC(=O)N[C@@H](COC)[C@@H](OC(=O)[C@@H]1[C@H]2O[C@@]3(CC2Br)[C@H](C(=O)N(CC=C)CCCCC)N([C@@H](CC)CO)C(=O)[C@@H]13)c1ccccc1. The fourth-order valence-electron chi connectivity index (χ4n) is 7.72. The van der Waals surface area contributed by atoms with E-state index in [1.54, 1.807) is 29.2 Å². The first-order valence-corrected chi connectivity index (χ1v) is 18.3. The Morgan fingerprint density at radius 2 is 1.94 bits per heavy atom. The van der Waals surface area contributed by atoms with E-state index >= 15 is 0 Å². The zero-order valence-corrected chi connectivity index (χ0v) is 30.5. The molecule has 3 aliphatic rings. The highest BCUT2D eigenvalue weighted by Gasteiger charge is 2.77. The number of aliphatic hydroxyl groups excluding tert-OH is 1. The molecule has 12 heteroatoms.